The number of pyridine rings is 2. The second kappa shape index (κ2) is 8.20. The fourth-order valence-electron chi connectivity index (χ4n) is 3.24. The van der Waals surface area contributed by atoms with E-state index >= 15 is 0 Å². The van der Waals surface area contributed by atoms with Gasteiger partial charge >= 0.3 is 12.2 Å². The minimum atomic E-state index is -4.50. The number of carbonyl (C=O) groups is 2. The number of likely N-dealkylation sites (tertiary alicyclic amines) is 1. The lowest BCUT2D eigenvalue weighted by Gasteiger charge is -2.15. The summed E-state index contributed by atoms with van der Waals surface area (Å²) in [6.45, 7) is 1.26. The number of carbonyl (C=O) groups excluding carboxylic acids is 2. The number of hydrogen-bond acceptors (Lipinski definition) is 5. The average Bonchev–Trinajstić information content (AvgIpc) is 3.40. The third-order valence-electron chi connectivity index (χ3n) is 4.81. The van der Waals surface area contributed by atoms with E-state index in [4.69, 9.17) is 0 Å². The molecule has 1 aliphatic heterocycles. The van der Waals surface area contributed by atoms with Gasteiger partial charge in [-0.3, -0.25) is 15.1 Å². The van der Waals surface area contributed by atoms with E-state index in [2.05, 4.69) is 25.7 Å². The quantitative estimate of drug-likeness (QED) is 0.658. The van der Waals surface area contributed by atoms with Gasteiger partial charge in [0.05, 0.1) is 12.1 Å². The molecule has 3 aromatic heterocycles. The zero-order valence-corrected chi connectivity index (χ0v) is 16.2. The molecule has 162 valence electrons. The maximum absolute atomic E-state index is 12.9. The first-order valence-corrected chi connectivity index (χ1v) is 9.51. The van der Waals surface area contributed by atoms with Gasteiger partial charge in [0.25, 0.3) is 5.95 Å². The highest BCUT2D eigenvalue weighted by Gasteiger charge is 2.31. The van der Waals surface area contributed by atoms with Gasteiger partial charge < -0.3 is 10.2 Å². The Morgan fingerprint density at radius 1 is 1.10 bits per heavy atom. The van der Waals surface area contributed by atoms with E-state index in [0.717, 1.165) is 25.1 Å². The summed E-state index contributed by atoms with van der Waals surface area (Å²) in [6, 6.07) is 3.50. The molecular weight excluding hydrogens is 415 g/mol. The molecule has 0 unspecified atom stereocenters. The van der Waals surface area contributed by atoms with Gasteiger partial charge in [-0.05, 0) is 31.0 Å². The summed E-state index contributed by atoms with van der Waals surface area (Å²) in [4.78, 5) is 33.5. The largest absolute Gasteiger partial charge is 0.417 e. The van der Waals surface area contributed by atoms with Gasteiger partial charge in [0.15, 0.2) is 5.65 Å². The number of fused-ring (bicyclic) bond motifs is 1. The van der Waals surface area contributed by atoms with Crippen molar-refractivity contribution in [2.45, 2.75) is 19.0 Å². The van der Waals surface area contributed by atoms with Crippen LogP contribution in [0.1, 0.15) is 18.4 Å². The average molecular weight is 433 g/mol. The topological polar surface area (TPSA) is 105 Å². The highest BCUT2D eigenvalue weighted by molar-refractivity contribution is 5.91. The molecule has 1 aliphatic rings. The molecule has 0 radical (unpaired) electrons. The minimum absolute atomic E-state index is 0.00885. The molecule has 0 atom stereocenters. The second-order valence-corrected chi connectivity index (χ2v) is 7.01. The van der Waals surface area contributed by atoms with Gasteiger partial charge in [0.1, 0.15) is 0 Å². The third-order valence-corrected chi connectivity index (χ3v) is 4.81. The van der Waals surface area contributed by atoms with Crippen LogP contribution in [0.4, 0.5) is 23.9 Å². The molecule has 3 aromatic rings. The van der Waals surface area contributed by atoms with Crippen LogP contribution in [0.5, 0.6) is 0 Å². The number of alkyl halides is 3. The number of hydrogen-bond donors (Lipinski definition) is 2. The molecule has 4 heterocycles. The van der Waals surface area contributed by atoms with Crippen molar-refractivity contribution in [1.29, 1.82) is 0 Å². The van der Waals surface area contributed by atoms with E-state index in [-0.39, 0.29) is 24.0 Å². The van der Waals surface area contributed by atoms with Gasteiger partial charge in [-0.2, -0.15) is 18.2 Å². The Balaban J connectivity index is 1.44. The Morgan fingerprint density at radius 3 is 2.61 bits per heavy atom. The Kier molecular flexibility index (Phi) is 5.44. The number of rotatable bonds is 4. The molecule has 0 aliphatic carbocycles. The predicted octanol–water partition coefficient (Wildman–Crippen LogP) is 2.55. The molecule has 2 N–H and O–H groups in total. The van der Waals surface area contributed by atoms with E-state index < -0.39 is 17.8 Å². The summed E-state index contributed by atoms with van der Waals surface area (Å²) in [5.41, 5.74) is 0.237. The summed E-state index contributed by atoms with van der Waals surface area (Å²) in [7, 11) is 0. The van der Waals surface area contributed by atoms with Crippen molar-refractivity contribution in [2.75, 3.05) is 25.0 Å². The maximum Gasteiger partial charge on any atom is 0.417 e. The highest BCUT2D eigenvalue weighted by atomic mass is 19.4. The fourth-order valence-corrected chi connectivity index (χ4v) is 3.24. The van der Waals surface area contributed by atoms with E-state index in [1.54, 1.807) is 17.0 Å². The fraction of sp³-hybridized carbons (Fsp3) is 0.316. The van der Waals surface area contributed by atoms with Crippen LogP contribution >= 0.6 is 0 Å². The van der Waals surface area contributed by atoms with Crippen molar-refractivity contribution >= 4 is 23.5 Å². The van der Waals surface area contributed by atoms with Crippen molar-refractivity contribution in [1.82, 2.24) is 29.8 Å². The minimum Gasteiger partial charge on any atom is -0.341 e. The molecule has 0 saturated carbocycles. The highest BCUT2D eigenvalue weighted by Crippen LogP contribution is 2.31. The predicted molar refractivity (Wildman–Crippen MR) is 104 cm³/mol. The van der Waals surface area contributed by atoms with Crippen LogP contribution < -0.4 is 10.6 Å². The molecular formula is C19H18F3N7O2. The van der Waals surface area contributed by atoms with E-state index in [1.807, 2.05) is 0 Å². The summed E-state index contributed by atoms with van der Waals surface area (Å²) < 4.78 is 40.1. The van der Waals surface area contributed by atoms with E-state index in [0.29, 0.717) is 24.3 Å². The number of urea groups is 1. The molecule has 31 heavy (non-hydrogen) atoms. The van der Waals surface area contributed by atoms with Crippen LogP contribution in [0.3, 0.4) is 0 Å². The summed E-state index contributed by atoms with van der Waals surface area (Å²) in [5, 5.41) is 9.02. The van der Waals surface area contributed by atoms with Crippen LogP contribution in [0.2, 0.25) is 0 Å². The first kappa shape index (κ1) is 20.6. The zero-order chi connectivity index (χ0) is 22.0. The Morgan fingerprint density at radius 2 is 1.87 bits per heavy atom. The summed E-state index contributed by atoms with van der Waals surface area (Å²) in [6.07, 6.45) is 0.980. The number of anilines is 1. The van der Waals surface area contributed by atoms with Gasteiger partial charge in [-0.25, -0.2) is 9.31 Å². The lowest BCUT2D eigenvalue weighted by atomic mass is 10.1. The van der Waals surface area contributed by atoms with Crippen LogP contribution in [0.25, 0.3) is 16.8 Å². The smallest absolute Gasteiger partial charge is 0.341 e. The molecule has 1 fully saturated rings. The Bertz CT molecular complexity index is 1120. The first-order valence-electron chi connectivity index (χ1n) is 9.51. The van der Waals surface area contributed by atoms with Crippen molar-refractivity contribution in [3.63, 3.8) is 0 Å². The number of nitrogens with zero attached hydrogens (tertiary/aromatic N) is 5. The summed E-state index contributed by atoms with van der Waals surface area (Å²) >= 11 is 0. The first-order chi connectivity index (χ1) is 14.8. The van der Waals surface area contributed by atoms with E-state index in [1.165, 1.54) is 16.9 Å². The van der Waals surface area contributed by atoms with Gasteiger partial charge in [0, 0.05) is 42.8 Å². The van der Waals surface area contributed by atoms with Gasteiger partial charge in [-0.1, -0.05) is 0 Å². The molecule has 9 nitrogen and oxygen atoms in total. The van der Waals surface area contributed by atoms with Crippen molar-refractivity contribution in [3.8, 4) is 11.1 Å². The van der Waals surface area contributed by atoms with Crippen molar-refractivity contribution < 1.29 is 22.8 Å². The number of halogens is 3. The van der Waals surface area contributed by atoms with Gasteiger partial charge in [-0.15, -0.1) is 5.10 Å². The van der Waals surface area contributed by atoms with Gasteiger partial charge in [0.2, 0.25) is 5.91 Å². The molecule has 0 spiro atoms. The molecule has 0 aromatic carbocycles. The van der Waals surface area contributed by atoms with Crippen LogP contribution in [-0.2, 0) is 11.0 Å². The SMILES string of the molecule is O=C(NCC(=O)N1CCCC1)Nc1nc2ccc(-c3cncc(C(F)(F)F)c3)cn2n1. The summed E-state index contributed by atoms with van der Waals surface area (Å²) in [5.74, 6) is -0.166. The second-order valence-electron chi connectivity index (χ2n) is 7.01. The zero-order valence-electron chi connectivity index (χ0n) is 16.2. The van der Waals surface area contributed by atoms with Crippen LogP contribution in [-0.4, -0.2) is 56.1 Å². The third kappa shape index (κ3) is 4.73. The lowest BCUT2D eigenvalue weighted by molar-refractivity contribution is -0.137. The molecule has 4 rings (SSSR count). The molecule has 1 saturated heterocycles. The van der Waals surface area contributed by atoms with Crippen molar-refractivity contribution in [3.05, 3.63) is 42.4 Å². The van der Waals surface area contributed by atoms with Crippen molar-refractivity contribution in [2.24, 2.45) is 0 Å². The normalized spacial score (nSPS) is 14.1. The maximum atomic E-state index is 12.9. The number of nitrogens with one attached hydrogen (secondary N) is 2. The molecule has 12 heteroatoms. The lowest BCUT2D eigenvalue weighted by Crippen LogP contribution is -2.40. The van der Waals surface area contributed by atoms with E-state index in [9.17, 15) is 22.8 Å². The monoisotopic (exact) mass is 433 g/mol. The number of aromatic nitrogens is 4. The Labute approximate surface area is 174 Å². The number of amides is 3. The van der Waals surface area contributed by atoms with Crippen LogP contribution in [0.15, 0.2) is 36.8 Å². The Hall–Kier alpha value is -3.70. The standard InChI is InChI=1S/C19H18F3N7O2/c20-19(21,22)14-7-13(8-23-9-14)12-3-4-15-25-17(27-29(15)11-12)26-18(31)24-10-16(30)28-5-1-2-6-28/h3-4,7-9,11H,1-2,5-6,10H2,(H2,24,26,27,31). The van der Waals surface area contributed by atoms with Crippen LogP contribution in [0, 0.1) is 0 Å². The molecule has 3 amide bonds. The molecule has 0 bridgehead atoms.